The van der Waals surface area contributed by atoms with Crippen molar-refractivity contribution in [1.29, 1.82) is 0 Å². The lowest BCUT2D eigenvalue weighted by Crippen LogP contribution is -2.11. The highest BCUT2D eigenvalue weighted by Crippen LogP contribution is 2.27. The zero-order valence-electron chi connectivity index (χ0n) is 8.24. The molecule has 5 nitrogen and oxygen atoms in total. The second-order valence-corrected chi connectivity index (χ2v) is 3.20. The average Bonchev–Trinajstić information content (AvgIpc) is 2.09. The molecule has 0 atom stereocenters. The number of aromatic carboxylic acids is 2. The van der Waals surface area contributed by atoms with Gasteiger partial charge in [0.1, 0.15) is 11.3 Å². The van der Waals surface area contributed by atoms with Gasteiger partial charge in [0, 0.05) is 0 Å². The molecule has 5 heteroatoms. The van der Waals surface area contributed by atoms with E-state index in [1.807, 2.05) is 0 Å². The summed E-state index contributed by atoms with van der Waals surface area (Å²) >= 11 is 0. The second-order valence-electron chi connectivity index (χ2n) is 3.20. The van der Waals surface area contributed by atoms with Crippen LogP contribution in [0.1, 0.15) is 31.8 Å². The third-order valence-corrected chi connectivity index (χ3v) is 2.25. The van der Waals surface area contributed by atoms with Gasteiger partial charge in [-0.1, -0.05) is 0 Å². The monoisotopic (exact) mass is 210 g/mol. The van der Waals surface area contributed by atoms with Crippen molar-refractivity contribution in [2.24, 2.45) is 0 Å². The van der Waals surface area contributed by atoms with Crippen LogP contribution in [0.25, 0.3) is 0 Å². The van der Waals surface area contributed by atoms with E-state index in [4.69, 9.17) is 10.2 Å². The van der Waals surface area contributed by atoms with E-state index >= 15 is 0 Å². The highest BCUT2D eigenvalue weighted by molar-refractivity contribution is 6.05. The van der Waals surface area contributed by atoms with Gasteiger partial charge in [0.05, 0.1) is 5.56 Å². The molecule has 0 saturated carbocycles. The van der Waals surface area contributed by atoms with Crippen LogP contribution in [0.5, 0.6) is 5.75 Å². The third kappa shape index (κ3) is 1.76. The molecule has 0 saturated heterocycles. The molecule has 15 heavy (non-hydrogen) atoms. The number of phenols is 1. The van der Waals surface area contributed by atoms with Crippen molar-refractivity contribution in [2.75, 3.05) is 0 Å². The maximum atomic E-state index is 10.9. The van der Waals surface area contributed by atoms with E-state index in [1.54, 1.807) is 6.92 Å². The first-order chi connectivity index (χ1) is 6.86. The highest BCUT2D eigenvalue weighted by Gasteiger charge is 2.23. The highest BCUT2D eigenvalue weighted by atomic mass is 16.4. The molecule has 0 fully saturated rings. The largest absolute Gasteiger partial charge is 0.507 e. The fourth-order valence-corrected chi connectivity index (χ4v) is 1.38. The Kier molecular flexibility index (Phi) is 2.65. The minimum atomic E-state index is -1.45. The fourth-order valence-electron chi connectivity index (χ4n) is 1.38. The summed E-state index contributed by atoms with van der Waals surface area (Å²) in [7, 11) is 0. The minimum Gasteiger partial charge on any atom is -0.507 e. The number of hydrogen-bond acceptors (Lipinski definition) is 3. The molecule has 3 N–H and O–H groups in total. The minimum absolute atomic E-state index is 0.345. The standard InChI is InChI=1S/C10H10O5/c1-4-3-6(11)8(10(14)15)7(5(4)2)9(12)13/h3,11H,1-2H3,(H,12,13)(H,14,15). The summed E-state index contributed by atoms with van der Waals surface area (Å²) in [5.41, 5.74) is -0.0433. The summed E-state index contributed by atoms with van der Waals surface area (Å²) in [5.74, 6) is -3.33. The van der Waals surface area contributed by atoms with Gasteiger partial charge in [-0.2, -0.15) is 0 Å². The van der Waals surface area contributed by atoms with Gasteiger partial charge in [-0.05, 0) is 31.0 Å². The maximum Gasteiger partial charge on any atom is 0.340 e. The Morgan fingerprint density at radius 2 is 1.53 bits per heavy atom. The van der Waals surface area contributed by atoms with Crippen LogP contribution >= 0.6 is 0 Å². The van der Waals surface area contributed by atoms with Crippen molar-refractivity contribution >= 4 is 11.9 Å². The number of carbonyl (C=O) groups is 2. The van der Waals surface area contributed by atoms with Crippen molar-refractivity contribution in [2.45, 2.75) is 13.8 Å². The summed E-state index contributed by atoms with van der Waals surface area (Å²) in [5, 5.41) is 27.0. The average molecular weight is 210 g/mol. The molecule has 0 aliphatic carbocycles. The van der Waals surface area contributed by atoms with Crippen LogP contribution in [0, 0.1) is 13.8 Å². The Balaban J connectivity index is 3.69. The number of hydrogen-bond donors (Lipinski definition) is 3. The lowest BCUT2D eigenvalue weighted by molar-refractivity contribution is 0.0647. The van der Waals surface area contributed by atoms with E-state index in [0.717, 1.165) is 0 Å². The first kappa shape index (κ1) is 11.0. The number of benzene rings is 1. The quantitative estimate of drug-likeness (QED) is 0.685. The van der Waals surface area contributed by atoms with E-state index in [0.29, 0.717) is 11.1 Å². The maximum absolute atomic E-state index is 10.9. The van der Waals surface area contributed by atoms with Crippen molar-refractivity contribution in [1.82, 2.24) is 0 Å². The van der Waals surface area contributed by atoms with Gasteiger partial charge in [-0.15, -0.1) is 0 Å². The molecule has 0 radical (unpaired) electrons. The van der Waals surface area contributed by atoms with Crippen LogP contribution < -0.4 is 0 Å². The molecule has 0 aromatic heterocycles. The Morgan fingerprint density at radius 3 is 1.93 bits per heavy atom. The Bertz CT molecular complexity index is 448. The summed E-state index contributed by atoms with van der Waals surface area (Å²) in [6, 6.07) is 1.24. The van der Waals surface area contributed by atoms with Crippen molar-refractivity contribution in [3.63, 3.8) is 0 Å². The normalized spacial score (nSPS) is 10.0. The van der Waals surface area contributed by atoms with Crippen LogP contribution in [0.4, 0.5) is 0 Å². The van der Waals surface area contributed by atoms with Crippen molar-refractivity contribution in [3.8, 4) is 5.75 Å². The van der Waals surface area contributed by atoms with E-state index in [-0.39, 0.29) is 5.56 Å². The first-order valence-corrected chi connectivity index (χ1v) is 4.16. The van der Waals surface area contributed by atoms with Crippen LogP contribution in [0.3, 0.4) is 0 Å². The van der Waals surface area contributed by atoms with E-state index < -0.39 is 23.3 Å². The zero-order valence-corrected chi connectivity index (χ0v) is 8.24. The fraction of sp³-hybridized carbons (Fsp3) is 0.200. The first-order valence-electron chi connectivity index (χ1n) is 4.16. The summed E-state index contributed by atoms with van der Waals surface area (Å²) in [6.45, 7) is 3.11. The smallest absolute Gasteiger partial charge is 0.340 e. The molecule has 0 spiro atoms. The number of rotatable bonds is 2. The second kappa shape index (κ2) is 3.61. The predicted octanol–water partition coefficient (Wildman–Crippen LogP) is 1.41. The molecule has 0 amide bonds. The molecule has 80 valence electrons. The van der Waals surface area contributed by atoms with Crippen molar-refractivity contribution in [3.05, 3.63) is 28.3 Å². The summed E-state index contributed by atoms with van der Waals surface area (Å²) < 4.78 is 0. The van der Waals surface area contributed by atoms with Gasteiger partial charge in [0.2, 0.25) is 0 Å². The van der Waals surface area contributed by atoms with Gasteiger partial charge in [-0.3, -0.25) is 0 Å². The van der Waals surface area contributed by atoms with Gasteiger partial charge in [0.25, 0.3) is 0 Å². The lowest BCUT2D eigenvalue weighted by Gasteiger charge is -2.10. The molecule has 0 heterocycles. The Labute approximate surface area is 85.6 Å². The van der Waals surface area contributed by atoms with E-state index in [2.05, 4.69) is 0 Å². The van der Waals surface area contributed by atoms with Gasteiger partial charge in [-0.25, -0.2) is 9.59 Å². The molecule has 0 aliphatic heterocycles. The van der Waals surface area contributed by atoms with Crippen LogP contribution in [0.15, 0.2) is 6.07 Å². The van der Waals surface area contributed by atoms with Gasteiger partial charge in [0.15, 0.2) is 0 Å². The molecule has 0 aliphatic rings. The molecule has 0 unspecified atom stereocenters. The molecule has 0 bridgehead atoms. The van der Waals surface area contributed by atoms with Crippen molar-refractivity contribution < 1.29 is 24.9 Å². The zero-order chi connectivity index (χ0) is 11.7. The van der Waals surface area contributed by atoms with Gasteiger partial charge < -0.3 is 15.3 Å². The van der Waals surface area contributed by atoms with Gasteiger partial charge >= 0.3 is 11.9 Å². The number of aromatic hydroxyl groups is 1. The molecule has 1 aromatic carbocycles. The molecule has 1 aromatic rings. The van der Waals surface area contributed by atoms with Crippen LogP contribution in [-0.2, 0) is 0 Å². The third-order valence-electron chi connectivity index (χ3n) is 2.25. The summed E-state index contributed by atoms with van der Waals surface area (Å²) in [6.07, 6.45) is 0. The molecular weight excluding hydrogens is 200 g/mol. The van der Waals surface area contributed by atoms with Crippen LogP contribution in [0.2, 0.25) is 0 Å². The molecule has 1 rings (SSSR count). The topological polar surface area (TPSA) is 94.8 Å². The molecular formula is C10H10O5. The SMILES string of the molecule is Cc1cc(O)c(C(=O)O)c(C(=O)O)c1C. The van der Waals surface area contributed by atoms with E-state index in [9.17, 15) is 14.7 Å². The Morgan fingerprint density at radius 1 is 1.07 bits per heavy atom. The number of aryl methyl sites for hydroxylation is 1. The van der Waals surface area contributed by atoms with E-state index in [1.165, 1.54) is 13.0 Å². The number of carboxylic acids is 2. The summed E-state index contributed by atoms with van der Waals surface area (Å²) in [4.78, 5) is 21.7. The Hall–Kier alpha value is -2.04. The predicted molar refractivity (Wildman–Crippen MR) is 51.5 cm³/mol. The number of carboxylic acid groups (broad SMARTS) is 2. The van der Waals surface area contributed by atoms with Crippen LogP contribution in [-0.4, -0.2) is 27.3 Å². The lowest BCUT2D eigenvalue weighted by atomic mass is 9.96.